The second-order valence-corrected chi connectivity index (χ2v) is 8.92. The summed E-state index contributed by atoms with van der Waals surface area (Å²) in [5.41, 5.74) is 5.30. The summed E-state index contributed by atoms with van der Waals surface area (Å²) in [6, 6.07) is 23.1. The summed E-state index contributed by atoms with van der Waals surface area (Å²) in [6.07, 6.45) is 0. The summed E-state index contributed by atoms with van der Waals surface area (Å²) in [5.74, 6) is -0.0438. The lowest BCUT2D eigenvalue weighted by molar-refractivity contribution is 0.103. The van der Waals surface area contributed by atoms with Crippen molar-refractivity contribution in [3.8, 4) is 0 Å². The molecule has 0 saturated carbocycles. The summed E-state index contributed by atoms with van der Waals surface area (Å²) < 4.78 is 0. The van der Waals surface area contributed by atoms with E-state index in [1.807, 2.05) is 37.3 Å². The van der Waals surface area contributed by atoms with Crippen LogP contribution in [0.25, 0.3) is 0 Å². The zero-order chi connectivity index (χ0) is 24.2. The van der Waals surface area contributed by atoms with E-state index in [1.54, 1.807) is 48.5 Å². The fourth-order valence-electron chi connectivity index (χ4n) is 3.69. The lowest BCUT2D eigenvalue weighted by atomic mass is 9.97. The van der Waals surface area contributed by atoms with Crippen LogP contribution in [0.15, 0.2) is 78.9 Å². The lowest BCUT2D eigenvalue weighted by Crippen LogP contribution is -2.19. The van der Waals surface area contributed by atoms with E-state index in [1.165, 1.54) is 0 Å². The molecule has 0 bridgehead atoms. The standard InChI is InChI=1S/C27H23Cl2N3O2/c1-16-14-24(32-25(16)26(33)19-6-10-20(28)11-7-19)17(2)18-8-12-22(13-9-18)30-27(34)31-23-5-3-4-21(29)15-23/h3-15,17,32H,1-2H3,(H2,30,31,34). The van der Waals surface area contributed by atoms with E-state index in [0.29, 0.717) is 32.7 Å². The number of urea groups is 1. The fraction of sp³-hybridized carbons (Fsp3) is 0.111. The first-order chi connectivity index (χ1) is 16.3. The quantitative estimate of drug-likeness (QED) is 0.242. The van der Waals surface area contributed by atoms with Gasteiger partial charge in [0.25, 0.3) is 0 Å². The van der Waals surface area contributed by atoms with Gasteiger partial charge in [-0.3, -0.25) is 4.79 Å². The van der Waals surface area contributed by atoms with Crippen molar-refractivity contribution in [1.29, 1.82) is 0 Å². The summed E-state index contributed by atoms with van der Waals surface area (Å²) >= 11 is 11.9. The molecule has 4 rings (SSSR count). The van der Waals surface area contributed by atoms with Crippen LogP contribution >= 0.6 is 23.2 Å². The molecule has 1 aromatic heterocycles. The van der Waals surface area contributed by atoms with Gasteiger partial charge in [-0.25, -0.2) is 4.79 Å². The molecule has 1 heterocycles. The van der Waals surface area contributed by atoms with Gasteiger partial charge in [0, 0.05) is 38.6 Å². The Hall–Kier alpha value is -3.54. The van der Waals surface area contributed by atoms with Crippen molar-refractivity contribution in [2.75, 3.05) is 10.6 Å². The molecule has 172 valence electrons. The van der Waals surface area contributed by atoms with Crippen LogP contribution in [0.2, 0.25) is 10.0 Å². The number of anilines is 2. The monoisotopic (exact) mass is 491 g/mol. The number of nitrogens with one attached hydrogen (secondary N) is 3. The number of hydrogen-bond acceptors (Lipinski definition) is 2. The van der Waals surface area contributed by atoms with E-state index >= 15 is 0 Å². The molecule has 0 saturated heterocycles. The zero-order valence-corrected chi connectivity index (χ0v) is 20.2. The highest BCUT2D eigenvalue weighted by Gasteiger charge is 2.18. The van der Waals surface area contributed by atoms with Gasteiger partial charge in [0.1, 0.15) is 0 Å². The van der Waals surface area contributed by atoms with Crippen LogP contribution in [0.5, 0.6) is 0 Å². The number of carbonyl (C=O) groups is 2. The highest BCUT2D eigenvalue weighted by Crippen LogP contribution is 2.27. The molecule has 7 heteroatoms. The first-order valence-electron chi connectivity index (χ1n) is 10.7. The molecule has 34 heavy (non-hydrogen) atoms. The van der Waals surface area contributed by atoms with Gasteiger partial charge in [-0.2, -0.15) is 0 Å². The molecule has 1 unspecified atom stereocenters. The van der Waals surface area contributed by atoms with Crippen LogP contribution in [0, 0.1) is 6.92 Å². The molecule has 0 spiro atoms. The molecule has 1 atom stereocenters. The molecule has 5 nitrogen and oxygen atoms in total. The van der Waals surface area contributed by atoms with Gasteiger partial charge in [0.2, 0.25) is 5.78 Å². The summed E-state index contributed by atoms with van der Waals surface area (Å²) in [6.45, 7) is 3.98. The van der Waals surface area contributed by atoms with E-state index in [-0.39, 0.29) is 17.7 Å². The highest BCUT2D eigenvalue weighted by molar-refractivity contribution is 6.31. The fourth-order valence-corrected chi connectivity index (χ4v) is 4.01. The first kappa shape index (κ1) is 23.6. The highest BCUT2D eigenvalue weighted by atomic mass is 35.5. The van der Waals surface area contributed by atoms with E-state index in [2.05, 4.69) is 22.5 Å². The second kappa shape index (κ2) is 10.2. The van der Waals surface area contributed by atoms with Crippen LogP contribution < -0.4 is 10.6 Å². The van der Waals surface area contributed by atoms with Crippen molar-refractivity contribution >= 4 is 46.4 Å². The van der Waals surface area contributed by atoms with Crippen LogP contribution in [0.4, 0.5) is 16.2 Å². The predicted molar refractivity (Wildman–Crippen MR) is 138 cm³/mol. The molecule has 2 amide bonds. The minimum absolute atomic E-state index is 0.0276. The molecule has 4 aromatic rings. The third kappa shape index (κ3) is 5.50. The third-order valence-electron chi connectivity index (χ3n) is 5.59. The first-order valence-corrected chi connectivity index (χ1v) is 11.5. The summed E-state index contributed by atoms with van der Waals surface area (Å²) in [5, 5.41) is 6.70. The number of H-pyrrole nitrogens is 1. The van der Waals surface area contributed by atoms with Crippen molar-refractivity contribution in [1.82, 2.24) is 4.98 Å². The number of aryl methyl sites for hydroxylation is 1. The maximum atomic E-state index is 12.9. The number of benzene rings is 3. The smallest absolute Gasteiger partial charge is 0.323 e. The number of ketones is 1. The van der Waals surface area contributed by atoms with E-state index < -0.39 is 0 Å². The van der Waals surface area contributed by atoms with Gasteiger partial charge in [-0.15, -0.1) is 0 Å². The van der Waals surface area contributed by atoms with Crippen molar-refractivity contribution < 1.29 is 9.59 Å². The number of hydrogen-bond donors (Lipinski definition) is 3. The van der Waals surface area contributed by atoms with Gasteiger partial charge < -0.3 is 15.6 Å². The molecule has 0 aliphatic rings. The predicted octanol–water partition coefficient (Wildman–Crippen LogP) is 7.66. The van der Waals surface area contributed by atoms with Gasteiger partial charge in [0.15, 0.2) is 0 Å². The molecular formula is C27H23Cl2N3O2. The molecule has 0 aliphatic heterocycles. The van der Waals surface area contributed by atoms with Crippen molar-refractivity contribution in [3.05, 3.63) is 117 Å². The van der Waals surface area contributed by atoms with Gasteiger partial charge >= 0.3 is 6.03 Å². The van der Waals surface area contributed by atoms with Crippen molar-refractivity contribution in [3.63, 3.8) is 0 Å². The number of rotatable bonds is 6. The largest absolute Gasteiger partial charge is 0.355 e. The van der Waals surface area contributed by atoms with E-state index in [4.69, 9.17) is 23.2 Å². The Morgan fingerprint density at radius 3 is 2.18 bits per heavy atom. The molecule has 3 N–H and O–H groups in total. The summed E-state index contributed by atoms with van der Waals surface area (Å²) in [4.78, 5) is 28.5. The van der Waals surface area contributed by atoms with Crippen molar-refractivity contribution in [2.45, 2.75) is 19.8 Å². The van der Waals surface area contributed by atoms with E-state index in [9.17, 15) is 9.59 Å². The van der Waals surface area contributed by atoms with Crippen LogP contribution in [0.1, 0.15) is 45.7 Å². The van der Waals surface area contributed by atoms with Gasteiger partial charge in [-0.05, 0) is 78.7 Å². The summed E-state index contributed by atoms with van der Waals surface area (Å²) in [7, 11) is 0. The maximum absolute atomic E-state index is 12.9. The Morgan fingerprint density at radius 1 is 0.824 bits per heavy atom. The number of halogens is 2. The van der Waals surface area contributed by atoms with Crippen LogP contribution in [-0.2, 0) is 0 Å². The number of carbonyl (C=O) groups excluding carboxylic acids is 2. The number of aromatic nitrogens is 1. The average Bonchev–Trinajstić information content (AvgIpc) is 3.20. The average molecular weight is 492 g/mol. The Bertz CT molecular complexity index is 1330. The number of amides is 2. The molecule has 0 aliphatic carbocycles. The molecule has 0 radical (unpaired) electrons. The SMILES string of the molecule is Cc1cc(C(C)c2ccc(NC(=O)Nc3cccc(Cl)c3)cc2)[nH]c1C(=O)c1ccc(Cl)cc1. The maximum Gasteiger partial charge on any atom is 0.323 e. The normalized spacial score (nSPS) is 11.6. The zero-order valence-electron chi connectivity index (χ0n) is 18.7. The van der Waals surface area contributed by atoms with E-state index in [0.717, 1.165) is 16.8 Å². The molecular weight excluding hydrogens is 469 g/mol. The van der Waals surface area contributed by atoms with Gasteiger partial charge in [-0.1, -0.05) is 48.3 Å². The molecule has 3 aromatic carbocycles. The Balaban J connectivity index is 1.44. The Labute approximate surface area is 208 Å². The molecule has 0 fully saturated rings. The topological polar surface area (TPSA) is 74.0 Å². The minimum Gasteiger partial charge on any atom is -0.355 e. The number of aromatic amines is 1. The van der Waals surface area contributed by atoms with Gasteiger partial charge in [0.05, 0.1) is 5.69 Å². The Morgan fingerprint density at radius 2 is 1.50 bits per heavy atom. The Kier molecular flexibility index (Phi) is 7.06. The van der Waals surface area contributed by atoms with Crippen LogP contribution in [-0.4, -0.2) is 16.8 Å². The minimum atomic E-state index is -0.353. The third-order valence-corrected chi connectivity index (χ3v) is 6.07. The lowest BCUT2D eigenvalue weighted by Gasteiger charge is -2.12. The van der Waals surface area contributed by atoms with Crippen molar-refractivity contribution in [2.24, 2.45) is 0 Å². The second-order valence-electron chi connectivity index (χ2n) is 8.05. The van der Waals surface area contributed by atoms with Crippen LogP contribution in [0.3, 0.4) is 0 Å².